The number of amidine groups is 1. The van der Waals surface area contributed by atoms with Gasteiger partial charge in [0.25, 0.3) is 0 Å². The highest BCUT2D eigenvalue weighted by Crippen LogP contribution is 2.30. The fraction of sp³-hybridized carbons (Fsp3) is 0.176. The third-order valence-corrected chi connectivity index (χ3v) is 4.27. The minimum absolute atomic E-state index is 0.244. The second-order valence-electron chi connectivity index (χ2n) is 5.68. The first-order chi connectivity index (χ1) is 11.8. The monoisotopic (exact) mass is 360 g/mol. The van der Waals surface area contributed by atoms with Crippen LogP contribution in [0.3, 0.4) is 0 Å². The number of nitrogens with one attached hydrogen (secondary N) is 1. The minimum Gasteiger partial charge on any atom is -0.386 e. The molecule has 0 unspecified atom stereocenters. The van der Waals surface area contributed by atoms with Crippen LogP contribution >= 0.6 is 0 Å². The Bertz CT molecular complexity index is 984. The molecule has 1 aliphatic rings. The van der Waals surface area contributed by atoms with Crippen LogP contribution in [-0.2, 0) is 10.0 Å². The molecule has 1 aliphatic heterocycles. The molecule has 25 heavy (non-hydrogen) atoms. The van der Waals surface area contributed by atoms with E-state index < -0.39 is 15.8 Å². The van der Waals surface area contributed by atoms with Gasteiger partial charge in [0.1, 0.15) is 11.7 Å². The molecule has 3 N–H and O–H groups in total. The van der Waals surface area contributed by atoms with E-state index in [1.807, 2.05) is 0 Å². The second-order valence-corrected chi connectivity index (χ2v) is 7.43. The van der Waals surface area contributed by atoms with Crippen LogP contribution < -0.4 is 10.5 Å². The van der Waals surface area contributed by atoms with Gasteiger partial charge < -0.3 is 5.73 Å². The fourth-order valence-corrected chi connectivity index (χ4v) is 3.14. The highest BCUT2D eigenvalue weighted by molar-refractivity contribution is 7.92. The topological polar surface area (TPSA) is 96.9 Å². The molecule has 1 heterocycles. The first-order valence-electron chi connectivity index (χ1n) is 7.53. The van der Waals surface area contributed by atoms with Crippen LogP contribution in [0.15, 0.2) is 52.4 Å². The van der Waals surface area contributed by atoms with Gasteiger partial charge in [-0.25, -0.2) is 12.8 Å². The first kappa shape index (κ1) is 17.1. The van der Waals surface area contributed by atoms with Crippen molar-refractivity contribution in [1.82, 2.24) is 0 Å². The SMILES string of the molecule is CS(=O)(=O)Nc1ccccc1-c1ccc(C2=NCC(N)=NC2)c(F)c1. The Balaban J connectivity index is 1.97. The highest BCUT2D eigenvalue weighted by atomic mass is 32.2. The molecule has 0 aliphatic carbocycles. The lowest BCUT2D eigenvalue weighted by Gasteiger charge is -2.14. The summed E-state index contributed by atoms with van der Waals surface area (Å²) in [6.45, 7) is 0.506. The molecule has 8 heteroatoms. The Labute approximate surface area is 145 Å². The minimum atomic E-state index is -3.44. The largest absolute Gasteiger partial charge is 0.386 e. The number of nitrogens with zero attached hydrogens (tertiary/aromatic N) is 2. The van der Waals surface area contributed by atoms with E-state index in [2.05, 4.69) is 14.7 Å². The van der Waals surface area contributed by atoms with Crippen molar-refractivity contribution in [2.24, 2.45) is 15.7 Å². The Kier molecular flexibility index (Phi) is 4.54. The van der Waals surface area contributed by atoms with E-state index in [9.17, 15) is 12.8 Å². The van der Waals surface area contributed by atoms with Crippen molar-refractivity contribution < 1.29 is 12.8 Å². The normalized spacial score (nSPS) is 14.6. The van der Waals surface area contributed by atoms with E-state index in [1.54, 1.807) is 36.4 Å². The molecular formula is C17H17FN4O2S. The Morgan fingerprint density at radius 2 is 1.84 bits per heavy atom. The van der Waals surface area contributed by atoms with Gasteiger partial charge in [0, 0.05) is 11.1 Å². The molecule has 0 atom stereocenters. The van der Waals surface area contributed by atoms with Crippen LogP contribution in [0.2, 0.25) is 0 Å². The summed E-state index contributed by atoms with van der Waals surface area (Å²) in [5.41, 5.74) is 8.03. The maximum Gasteiger partial charge on any atom is 0.229 e. The average Bonchev–Trinajstić information content (AvgIpc) is 2.55. The number of aliphatic imine (C=N–C) groups is 2. The number of sulfonamides is 1. The molecule has 130 valence electrons. The van der Waals surface area contributed by atoms with Gasteiger partial charge in [-0.1, -0.05) is 24.3 Å². The van der Waals surface area contributed by atoms with E-state index in [-0.39, 0.29) is 13.1 Å². The number of rotatable bonds is 4. The predicted octanol–water partition coefficient (Wildman–Crippen LogP) is 2.02. The predicted molar refractivity (Wildman–Crippen MR) is 98.2 cm³/mol. The second kappa shape index (κ2) is 6.64. The summed E-state index contributed by atoms with van der Waals surface area (Å²) >= 11 is 0. The van der Waals surface area contributed by atoms with Gasteiger partial charge in [0.15, 0.2) is 0 Å². The molecule has 0 saturated heterocycles. The van der Waals surface area contributed by atoms with Gasteiger partial charge in [-0.05, 0) is 23.8 Å². The standard InChI is InChI=1S/C17H17FN4O2S/c1-25(23,24)22-15-5-3-2-4-12(15)11-6-7-13(14(18)8-11)16-9-21-17(19)10-20-16/h2-8,22H,9-10H2,1H3,(H2,19,21). The van der Waals surface area contributed by atoms with Crippen molar-refractivity contribution in [2.75, 3.05) is 24.1 Å². The van der Waals surface area contributed by atoms with Crippen LogP contribution in [0.4, 0.5) is 10.1 Å². The molecule has 2 aromatic rings. The first-order valence-corrected chi connectivity index (χ1v) is 9.42. The number of nitrogens with two attached hydrogens (primary N) is 1. The van der Waals surface area contributed by atoms with Crippen LogP contribution in [-0.4, -0.2) is 39.3 Å². The number of halogens is 1. The number of anilines is 1. The van der Waals surface area contributed by atoms with Crippen LogP contribution in [0, 0.1) is 5.82 Å². The van der Waals surface area contributed by atoms with Crippen molar-refractivity contribution in [3.63, 3.8) is 0 Å². The summed E-state index contributed by atoms with van der Waals surface area (Å²) < 4.78 is 40.1. The van der Waals surface area contributed by atoms with E-state index >= 15 is 0 Å². The number of hydrogen-bond donors (Lipinski definition) is 2. The van der Waals surface area contributed by atoms with Crippen LogP contribution in [0.25, 0.3) is 11.1 Å². The molecule has 0 spiro atoms. The zero-order valence-electron chi connectivity index (χ0n) is 13.5. The lowest BCUT2D eigenvalue weighted by Crippen LogP contribution is -2.24. The van der Waals surface area contributed by atoms with Crippen molar-refractivity contribution in [2.45, 2.75) is 0 Å². The van der Waals surface area contributed by atoms with Gasteiger partial charge in [0.05, 0.1) is 30.7 Å². The third kappa shape index (κ3) is 4.03. The molecular weight excluding hydrogens is 343 g/mol. The zero-order valence-corrected chi connectivity index (χ0v) is 14.3. The summed E-state index contributed by atoms with van der Waals surface area (Å²) in [5, 5.41) is 0. The van der Waals surface area contributed by atoms with Crippen LogP contribution in [0.5, 0.6) is 0 Å². The lowest BCUT2D eigenvalue weighted by atomic mass is 10.00. The van der Waals surface area contributed by atoms with Gasteiger partial charge in [-0.3, -0.25) is 14.7 Å². The number of hydrogen-bond acceptors (Lipinski definition) is 5. The van der Waals surface area contributed by atoms with Crippen molar-refractivity contribution in [3.05, 3.63) is 53.8 Å². The Hall–Kier alpha value is -2.74. The van der Waals surface area contributed by atoms with Gasteiger partial charge in [-0.15, -0.1) is 0 Å². The number of benzene rings is 2. The summed E-state index contributed by atoms with van der Waals surface area (Å²) in [4.78, 5) is 8.32. The smallest absolute Gasteiger partial charge is 0.229 e. The number of para-hydroxylation sites is 1. The lowest BCUT2D eigenvalue weighted by molar-refractivity contribution is 0.607. The zero-order chi connectivity index (χ0) is 18.0. The fourth-order valence-electron chi connectivity index (χ4n) is 2.56. The van der Waals surface area contributed by atoms with Crippen molar-refractivity contribution >= 4 is 27.3 Å². The van der Waals surface area contributed by atoms with E-state index in [4.69, 9.17) is 5.73 Å². The molecule has 3 rings (SSSR count). The van der Waals surface area contributed by atoms with E-state index in [0.29, 0.717) is 33.9 Å². The van der Waals surface area contributed by atoms with Gasteiger partial charge >= 0.3 is 0 Å². The van der Waals surface area contributed by atoms with E-state index in [0.717, 1.165) is 6.26 Å². The summed E-state index contributed by atoms with van der Waals surface area (Å²) in [7, 11) is -3.44. The third-order valence-electron chi connectivity index (χ3n) is 3.68. The maximum atomic E-state index is 14.6. The molecule has 0 fully saturated rings. The molecule has 2 aromatic carbocycles. The van der Waals surface area contributed by atoms with Crippen LogP contribution in [0.1, 0.15) is 5.56 Å². The highest BCUT2D eigenvalue weighted by Gasteiger charge is 2.15. The molecule has 0 bridgehead atoms. The molecule has 0 saturated carbocycles. The Morgan fingerprint density at radius 1 is 1.08 bits per heavy atom. The Morgan fingerprint density at radius 3 is 2.48 bits per heavy atom. The molecule has 0 radical (unpaired) electrons. The molecule has 0 amide bonds. The van der Waals surface area contributed by atoms with Gasteiger partial charge in [0.2, 0.25) is 10.0 Å². The maximum absolute atomic E-state index is 14.6. The van der Waals surface area contributed by atoms with Gasteiger partial charge in [-0.2, -0.15) is 0 Å². The van der Waals surface area contributed by atoms with Crippen molar-refractivity contribution in [1.29, 1.82) is 0 Å². The molecule has 6 nitrogen and oxygen atoms in total. The van der Waals surface area contributed by atoms with Crippen molar-refractivity contribution in [3.8, 4) is 11.1 Å². The average molecular weight is 360 g/mol. The summed E-state index contributed by atoms with van der Waals surface area (Å²) in [6, 6.07) is 11.5. The summed E-state index contributed by atoms with van der Waals surface area (Å²) in [5.74, 6) is -0.0114. The molecule has 0 aromatic heterocycles. The van der Waals surface area contributed by atoms with E-state index in [1.165, 1.54) is 6.07 Å². The summed E-state index contributed by atoms with van der Waals surface area (Å²) in [6.07, 6.45) is 1.07. The quantitative estimate of drug-likeness (QED) is 0.873.